The first-order valence-electron chi connectivity index (χ1n) is 3.53. The molecule has 10 heavy (non-hydrogen) atoms. The molecule has 0 bridgehead atoms. The van der Waals surface area contributed by atoms with Gasteiger partial charge in [-0.05, 0) is 0 Å². The summed E-state index contributed by atoms with van der Waals surface area (Å²) < 4.78 is 1.02. The fourth-order valence-corrected chi connectivity index (χ4v) is 15.1. The molecule has 1 radical (unpaired) electrons. The second-order valence-corrected chi connectivity index (χ2v) is 13.6. The Morgan fingerprint density at radius 1 is 1.70 bits per heavy atom. The average molecular weight is 302 g/mol. The van der Waals surface area contributed by atoms with Crippen molar-refractivity contribution < 1.29 is 0 Å². The fraction of sp³-hybridized carbons (Fsp3) is 1.00. The molecule has 4 heteroatoms. The molecular weight excluding hydrogens is 290 g/mol. The van der Waals surface area contributed by atoms with Gasteiger partial charge in [0.2, 0.25) is 0 Å². The third-order valence-electron chi connectivity index (χ3n) is 1.17. The van der Waals surface area contributed by atoms with E-state index in [2.05, 4.69) is 36.4 Å². The molecule has 0 aromatic heterocycles. The summed E-state index contributed by atoms with van der Waals surface area (Å²) in [5.74, 6) is 2.83. The van der Waals surface area contributed by atoms with E-state index in [1.54, 1.807) is 0 Å². The van der Waals surface area contributed by atoms with Crippen LogP contribution in [0.3, 0.4) is 0 Å². The van der Waals surface area contributed by atoms with Gasteiger partial charge in [-0.1, -0.05) is 0 Å². The summed E-state index contributed by atoms with van der Waals surface area (Å²) in [7, 11) is 4.51. The maximum atomic E-state index is 2.28. The monoisotopic (exact) mass is 301 g/mol. The summed E-state index contributed by atoms with van der Waals surface area (Å²) in [6.45, 7) is 2.27. The standard InChI is InChI=1S/C3H6S2.C3H8S.Sb/c4-3-1-2-5-3;1-2-3-4;/h3-4H,1-2H2;4H,2-3H2,1H3;/q;;+2/p-2. The van der Waals surface area contributed by atoms with E-state index >= 15 is 0 Å². The van der Waals surface area contributed by atoms with Crippen molar-refractivity contribution in [2.24, 2.45) is 0 Å². The Labute approximate surface area is 83.4 Å². The Morgan fingerprint density at radius 2 is 2.50 bits per heavy atom. The summed E-state index contributed by atoms with van der Waals surface area (Å²) in [5.41, 5.74) is 0. The molecule has 0 saturated carbocycles. The van der Waals surface area contributed by atoms with Gasteiger partial charge in [-0.25, -0.2) is 0 Å². The summed E-state index contributed by atoms with van der Waals surface area (Å²) >= 11 is 2.27. The predicted octanol–water partition coefficient (Wildman–Crippen LogP) is 2.86. The maximum absolute atomic E-state index is 2.28. The van der Waals surface area contributed by atoms with Crippen molar-refractivity contribution >= 4 is 48.3 Å². The molecule has 0 aliphatic carbocycles. The number of thioether (sulfide) groups is 1. The summed E-state index contributed by atoms with van der Waals surface area (Å²) in [4.78, 5) is 0. The van der Waals surface area contributed by atoms with Crippen molar-refractivity contribution in [1.82, 2.24) is 0 Å². The third-order valence-corrected chi connectivity index (χ3v) is 14.7. The summed E-state index contributed by atoms with van der Waals surface area (Å²) in [5, 5.41) is 0. The van der Waals surface area contributed by atoms with Gasteiger partial charge in [-0.3, -0.25) is 0 Å². The van der Waals surface area contributed by atoms with Crippen LogP contribution in [0.1, 0.15) is 19.8 Å². The second-order valence-electron chi connectivity index (χ2n) is 2.10. The molecule has 0 aromatic carbocycles. The van der Waals surface area contributed by atoms with E-state index in [4.69, 9.17) is 0 Å². The third kappa shape index (κ3) is 4.04. The average Bonchev–Trinajstić information content (AvgIpc) is 1.84. The van der Waals surface area contributed by atoms with Crippen molar-refractivity contribution in [3.8, 4) is 0 Å². The molecular formula is C6H12S3Sb. The molecule has 0 aromatic rings. The van der Waals surface area contributed by atoms with E-state index in [9.17, 15) is 0 Å². The molecule has 1 saturated heterocycles. The van der Waals surface area contributed by atoms with Crippen molar-refractivity contribution in [3.05, 3.63) is 0 Å². The Hall–Kier alpha value is 1.87. The van der Waals surface area contributed by atoms with Gasteiger partial charge < -0.3 is 0 Å². The van der Waals surface area contributed by atoms with Gasteiger partial charge in [-0.2, -0.15) is 0 Å². The van der Waals surface area contributed by atoms with Crippen LogP contribution in [-0.2, 0) is 0 Å². The topological polar surface area (TPSA) is 0 Å². The van der Waals surface area contributed by atoms with Gasteiger partial charge in [0.1, 0.15) is 0 Å². The Bertz CT molecular complexity index is 85.1. The molecule has 59 valence electrons. The molecule has 0 N–H and O–H groups in total. The van der Waals surface area contributed by atoms with Crippen LogP contribution in [0.25, 0.3) is 0 Å². The van der Waals surface area contributed by atoms with Crippen molar-refractivity contribution in [1.29, 1.82) is 0 Å². The van der Waals surface area contributed by atoms with E-state index in [-0.39, 0.29) is 18.8 Å². The zero-order valence-electron chi connectivity index (χ0n) is 6.08. The first-order valence-corrected chi connectivity index (χ1v) is 12.6. The second kappa shape index (κ2) is 6.39. The predicted molar refractivity (Wildman–Crippen MR) is 57.0 cm³/mol. The van der Waals surface area contributed by atoms with Gasteiger partial charge in [0.25, 0.3) is 0 Å². The molecule has 1 heterocycles. The molecule has 1 atom stereocenters. The van der Waals surface area contributed by atoms with Gasteiger partial charge in [0.05, 0.1) is 0 Å². The van der Waals surface area contributed by atoms with E-state index in [1.165, 1.54) is 24.3 Å². The zero-order valence-corrected chi connectivity index (χ0v) is 11.1. The number of rotatable bonds is 5. The molecule has 1 fully saturated rings. The van der Waals surface area contributed by atoms with Crippen LogP contribution in [0.2, 0.25) is 0 Å². The molecule has 0 amide bonds. The van der Waals surface area contributed by atoms with Crippen LogP contribution >= 0.6 is 29.5 Å². The van der Waals surface area contributed by atoms with Crippen LogP contribution in [0.15, 0.2) is 0 Å². The van der Waals surface area contributed by atoms with Gasteiger partial charge in [0, 0.05) is 0 Å². The van der Waals surface area contributed by atoms with E-state index < -0.39 is 0 Å². The quantitative estimate of drug-likeness (QED) is 0.566. The van der Waals surface area contributed by atoms with Gasteiger partial charge in [0.15, 0.2) is 0 Å². The number of hydrogen-bond donors (Lipinski definition) is 0. The first kappa shape index (κ1) is 9.95. The molecule has 1 aliphatic rings. The molecule has 1 rings (SSSR count). The molecule has 1 unspecified atom stereocenters. The van der Waals surface area contributed by atoms with E-state index in [0.29, 0.717) is 0 Å². The van der Waals surface area contributed by atoms with Crippen molar-refractivity contribution in [2.45, 2.75) is 24.3 Å². The Morgan fingerprint density at radius 3 is 3.00 bits per heavy atom. The van der Waals surface area contributed by atoms with Crippen molar-refractivity contribution in [3.63, 3.8) is 0 Å². The number of hydrogen-bond acceptors (Lipinski definition) is 3. The van der Waals surface area contributed by atoms with Gasteiger partial charge >= 0.3 is 84.1 Å². The van der Waals surface area contributed by atoms with E-state index in [0.717, 1.165) is 4.58 Å². The van der Waals surface area contributed by atoms with Crippen LogP contribution < -0.4 is 0 Å². The van der Waals surface area contributed by atoms with Gasteiger partial charge in [-0.15, -0.1) is 0 Å². The zero-order chi connectivity index (χ0) is 7.23. The van der Waals surface area contributed by atoms with Crippen LogP contribution in [0.5, 0.6) is 0 Å². The summed E-state index contributed by atoms with van der Waals surface area (Å²) in [6.07, 6.45) is 2.84. The summed E-state index contributed by atoms with van der Waals surface area (Å²) in [6, 6.07) is 0. The van der Waals surface area contributed by atoms with Crippen LogP contribution in [0.4, 0.5) is 0 Å². The SMILES string of the molecule is CCC[S][Sb][S]C1CCS1. The fourth-order valence-electron chi connectivity index (χ4n) is 0.504. The molecule has 0 nitrogen and oxygen atoms in total. The Balaban J connectivity index is 1.76. The van der Waals surface area contributed by atoms with Crippen LogP contribution in [-0.4, -0.2) is 34.9 Å². The minimum absolute atomic E-state index is 0.117. The molecule has 0 spiro atoms. The Kier molecular flexibility index (Phi) is 6.36. The van der Waals surface area contributed by atoms with Crippen molar-refractivity contribution in [2.75, 3.05) is 11.5 Å². The van der Waals surface area contributed by atoms with Crippen LogP contribution in [0, 0.1) is 0 Å². The normalized spacial score (nSPS) is 24.3. The van der Waals surface area contributed by atoms with E-state index in [1.807, 2.05) is 0 Å². The first-order chi connectivity index (χ1) is 4.93. The molecule has 1 aliphatic heterocycles. The minimum atomic E-state index is 0.117.